The van der Waals surface area contributed by atoms with E-state index in [1.54, 1.807) is 7.11 Å². The van der Waals surface area contributed by atoms with Gasteiger partial charge in [0.15, 0.2) is 0 Å². The molecule has 1 aliphatic heterocycles. The second-order valence-electron chi connectivity index (χ2n) is 6.72. The van der Waals surface area contributed by atoms with Crippen LogP contribution in [0.2, 0.25) is 0 Å². The van der Waals surface area contributed by atoms with E-state index in [0.717, 1.165) is 63.3 Å². The zero-order valence-corrected chi connectivity index (χ0v) is 15.0. The standard InChI is InChI=1S/C19H33N3O2/c1-16-6-5-8-17(7-3-4-9-18(20)19(16)24-2)22-12-10-21(11-13-22)14-15-23/h4,9,17,23H,1,3,5-8,10-15,20H2,2H3/b9-4-,19-18?. The first-order valence-electron chi connectivity index (χ1n) is 9.11. The predicted octanol–water partition coefficient (Wildman–Crippen LogP) is 1.86. The molecule has 0 radical (unpaired) electrons. The minimum Gasteiger partial charge on any atom is -0.494 e. The second kappa shape index (κ2) is 9.87. The van der Waals surface area contributed by atoms with Crippen LogP contribution in [-0.4, -0.2) is 67.4 Å². The number of rotatable bonds is 4. The minimum absolute atomic E-state index is 0.257. The van der Waals surface area contributed by atoms with E-state index < -0.39 is 0 Å². The summed E-state index contributed by atoms with van der Waals surface area (Å²) < 4.78 is 5.43. The molecule has 5 nitrogen and oxygen atoms in total. The Kier molecular flexibility index (Phi) is 7.82. The zero-order chi connectivity index (χ0) is 17.4. The lowest BCUT2D eigenvalue weighted by Gasteiger charge is -2.39. The summed E-state index contributed by atoms with van der Waals surface area (Å²) in [5.41, 5.74) is 7.79. The molecule has 24 heavy (non-hydrogen) atoms. The number of hydrogen-bond acceptors (Lipinski definition) is 5. The molecule has 5 heteroatoms. The molecule has 136 valence electrons. The number of nitrogens with two attached hydrogens (primary N) is 1. The molecular formula is C19H33N3O2. The fourth-order valence-electron chi connectivity index (χ4n) is 3.71. The molecule has 0 bridgehead atoms. The van der Waals surface area contributed by atoms with Gasteiger partial charge in [0.25, 0.3) is 0 Å². The maximum Gasteiger partial charge on any atom is 0.144 e. The van der Waals surface area contributed by atoms with Crippen molar-refractivity contribution < 1.29 is 9.84 Å². The maximum atomic E-state index is 9.08. The van der Waals surface area contributed by atoms with Crippen LogP contribution >= 0.6 is 0 Å². The van der Waals surface area contributed by atoms with E-state index in [-0.39, 0.29) is 6.61 Å². The van der Waals surface area contributed by atoms with Gasteiger partial charge >= 0.3 is 0 Å². The van der Waals surface area contributed by atoms with Crippen LogP contribution < -0.4 is 5.73 Å². The van der Waals surface area contributed by atoms with Gasteiger partial charge in [-0.25, -0.2) is 0 Å². The third-order valence-electron chi connectivity index (χ3n) is 5.11. The summed E-state index contributed by atoms with van der Waals surface area (Å²) in [6, 6.07) is 0.615. The summed E-state index contributed by atoms with van der Waals surface area (Å²) in [4.78, 5) is 4.97. The summed E-state index contributed by atoms with van der Waals surface area (Å²) in [6.07, 6.45) is 9.54. The van der Waals surface area contributed by atoms with Gasteiger partial charge in [0.05, 0.1) is 19.4 Å². The van der Waals surface area contributed by atoms with E-state index >= 15 is 0 Å². The molecule has 0 amide bonds. The van der Waals surface area contributed by atoms with Crippen LogP contribution in [0.4, 0.5) is 0 Å². The molecule has 1 fully saturated rings. The Hall–Kier alpha value is -1.30. The molecule has 2 rings (SSSR count). The highest BCUT2D eigenvalue weighted by Crippen LogP contribution is 2.23. The molecule has 1 unspecified atom stereocenters. The molecule has 1 atom stereocenters. The number of hydrogen-bond donors (Lipinski definition) is 2. The molecule has 0 aromatic heterocycles. The highest BCUT2D eigenvalue weighted by molar-refractivity contribution is 5.32. The molecule has 0 aromatic rings. The lowest BCUT2D eigenvalue weighted by atomic mass is 9.99. The second-order valence-corrected chi connectivity index (χ2v) is 6.72. The van der Waals surface area contributed by atoms with Crippen molar-refractivity contribution in [1.82, 2.24) is 9.80 Å². The first-order valence-corrected chi connectivity index (χ1v) is 9.11. The van der Waals surface area contributed by atoms with Crippen molar-refractivity contribution in [2.75, 3.05) is 46.4 Å². The van der Waals surface area contributed by atoms with Gasteiger partial charge in [-0.15, -0.1) is 0 Å². The Bertz CT molecular complexity index is 465. The van der Waals surface area contributed by atoms with Gasteiger partial charge in [-0.1, -0.05) is 12.7 Å². The highest BCUT2D eigenvalue weighted by atomic mass is 16.5. The van der Waals surface area contributed by atoms with Gasteiger partial charge in [0.2, 0.25) is 0 Å². The van der Waals surface area contributed by atoms with Gasteiger partial charge in [-0.2, -0.15) is 0 Å². The van der Waals surface area contributed by atoms with Crippen molar-refractivity contribution in [2.24, 2.45) is 5.73 Å². The molecule has 0 saturated carbocycles. The molecule has 1 heterocycles. The Morgan fingerprint density at radius 3 is 2.71 bits per heavy atom. The quantitative estimate of drug-likeness (QED) is 0.821. The van der Waals surface area contributed by atoms with Gasteiger partial charge in [-0.05, 0) is 43.8 Å². The zero-order valence-electron chi connectivity index (χ0n) is 15.0. The van der Waals surface area contributed by atoms with E-state index in [9.17, 15) is 0 Å². The van der Waals surface area contributed by atoms with Crippen LogP contribution in [0.5, 0.6) is 0 Å². The maximum absolute atomic E-state index is 9.08. The average Bonchev–Trinajstić information content (AvgIpc) is 2.61. The number of aliphatic hydroxyl groups excluding tert-OH is 1. The number of allylic oxidation sites excluding steroid dienone is 3. The molecule has 3 N–H and O–H groups in total. The van der Waals surface area contributed by atoms with E-state index in [4.69, 9.17) is 15.6 Å². The number of aliphatic hydroxyl groups is 1. The Labute approximate surface area is 146 Å². The van der Waals surface area contributed by atoms with Crippen LogP contribution in [0.3, 0.4) is 0 Å². The summed E-state index contributed by atoms with van der Waals surface area (Å²) in [5.74, 6) is 0.738. The summed E-state index contributed by atoms with van der Waals surface area (Å²) in [5, 5.41) is 9.08. The first kappa shape index (κ1) is 19.0. The van der Waals surface area contributed by atoms with Crippen LogP contribution in [0, 0.1) is 0 Å². The van der Waals surface area contributed by atoms with Gasteiger partial charge in [-0.3, -0.25) is 9.80 Å². The molecule has 1 saturated heterocycles. The summed E-state index contributed by atoms with van der Waals surface area (Å²) in [7, 11) is 1.66. The van der Waals surface area contributed by atoms with Crippen molar-refractivity contribution in [2.45, 2.75) is 38.1 Å². The Morgan fingerprint density at radius 2 is 2.04 bits per heavy atom. The average molecular weight is 335 g/mol. The molecule has 1 aliphatic carbocycles. The topological polar surface area (TPSA) is 62.0 Å². The number of β-amino-alcohol motifs (C(OH)–C–C–N with tert-alkyl or cyclic N) is 1. The number of nitrogens with zero attached hydrogens (tertiary/aromatic N) is 2. The molecule has 0 spiro atoms. The Balaban J connectivity index is 1.94. The number of piperazine rings is 1. The lowest BCUT2D eigenvalue weighted by Crippen LogP contribution is -2.50. The first-order chi connectivity index (χ1) is 11.7. The largest absolute Gasteiger partial charge is 0.494 e. The van der Waals surface area contributed by atoms with Crippen LogP contribution in [0.15, 0.2) is 35.8 Å². The van der Waals surface area contributed by atoms with Crippen molar-refractivity contribution in [1.29, 1.82) is 0 Å². The monoisotopic (exact) mass is 335 g/mol. The van der Waals surface area contributed by atoms with E-state index in [1.807, 2.05) is 6.08 Å². The minimum atomic E-state index is 0.257. The van der Waals surface area contributed by atoms with Crippen LogP contribution in [-0.2, 0) is 4.74 Å². The van der Waals surface area contributed by atoms with Gasteiger partial charge in [0.1, 0.15) is 5.76 Å². The third-order valence-corrected chi connectivity index (χ3v) is 5.11. The van der Waals surface area contributed by atoms with Crippen molar-refractivity contribution in [3.8, 4) is 0 Å². The molecule has 2 aliphatic rings. The van der Waals surface area contributed by atoms with Crippen LogP contribution in [0.1, 0.15) is 32.1 Å². The smallest absolute Gasteiger partial charge is 0.144 e. The van der Waals surface area contributed by atoms with Crippen molar-refractivity contribution >= 4 is 0 Å². The number of ether oxygens (including phenoxy) is 1. The highest BCUT2D eigenvalue weighted by Gasteiger charge is 2.23. The SMILES string of the molecule is C=C1CCCC(N2CCN(CCO)CC2)CC/C=C\C(N)=C1OC. The fraction of sp³-hybridized carbons (Fsp3) is 0.684. The predicted molar refractivity (Wildman–Crippen MR) is 98.5 cm³/mol. The van der Waals surface area contributed by atoms with E-state index in [2.05, 4.69) is 22.5 Å². The van der Waals surface area contributed by atoms with Crippen molar-refractivity contribution in [3.63, 3.8) is 0 Å². The number of methoxy groups -OCH3 is 1. The van der Waals surface area contributed by atoms with Gasteiger partial charge < -0.3 is 15.6 Å². The molecular weight excluding hydrogens is 302 g/mol. The lowest BCUT2D eigenvalue weighted by molar-refractivity contribution is 0.0769. The van der Waals surface area contributed by atoms with Gasteiger partial charge in [0, 0.05) is 38.8 Å². The van der Waals surface area contributed by atoms with E-state index in [0.29, 0.717) is 11.7 Å². The van der Waals surface area contributed by atoms with Crippen molar-refractivity contribution in [3.05, 3.63) is 35.8 Å². The summed E-state index contributed by atoms with van der Waals surface area (Å²) in [6.45, 7) is 9.51. The third kappa shape index (κ3) is 5.36. The summed E-state index contributed by atoms with van der Waals surface area (Å²) >= 11 is 0. The molecule has 0 aromatic carbocycles. The fourth-order valence-corrected chi connectivity index (χ4v) is 3.71. The van der Waals surface area contributed by atoms with Crippen LogP contribution in [0.25, 0.3) is 0 Å². The van der Waals surface area contributed by atoms with E-state index in [1.165, 1.54) is 12.8 Å². The normalized spacial score (nSPS) is 26.9. The Morgan fingerprint density at radius 1 is 1.29 bits per heavy atom.